The Morgan fingerprint density at radius 1 is 1.03 bits per heavy atom. The molecule has 0 aliphatic rings. The first-order valence-corrected chi connectivity index (χ1v) is 9.84. The number of rotatable bonds is 5. The van der Waals surface area contributed by atoms with E-state index in [1.54, 1.807) is 0 Å². The van der Waals surface area contributed by atoms with Gasteiger partial charge in [0.15, 0.2) is 23.2 Å². The minimum atomic E-state index is -1.59. The Labute approximate surface area is 186 Å². The van der Waals surface area contributed by atoms with Gasteiger partial charge in [0, 0.05) is 22.7 Å². The minimum absolute atomic E-state index is 0.00956. The van der Waals surface area contributed by atoms with Crippen molar-refractivity contribution in [3.05, 3.63) is 64.6 Å². The van der Waals surface area contributed by atoms with E-state index in [9.17, 15) is 37.8 Å². The highest BCUT2D eigenvalue weighted by molar-refractivity contribution is 6.06. The predicted octanol–water partition coefficient (Wildman–Crippen LogP) is 3.84. The second-order valence-corrected chi connectivity index (χ2v) is 8.23. The number of phenolic OH excluding ortho intramolecular Hbond substituents is 1. The number of fused-ring (bicyclic) bond motifs is 1. The van der Waals surface area contributed by atoms with Crippen molar-refractivity contribution in [2.45, 2.75) is 39.2 Å². The molecule has 0 aliphatic heterocycles. The van der Waals surface area contributed by atoms with E-state index in [0.717, 1.165) is 28.8 Å². The first-order valence-electron chi connectivity index (χ1n) is 9.84. The quantitative estimate of drug-likeness (QED) is 0.534. The number of hydrogen-bond donors (Lipinski definition) is 3. The van der Waals surface area contributed by atoms with Gasteiger partial charge >= 0.3 is 5.97 Å². The van der Waals surface area contributed by atoms with Crippen LogP contribution in [0, 0.1) is 24.4 Å². The standard InChI is InChI=1S/C23H21F3N2O5/c1-10(20(30)27-23(3,4)22(32)33)19-11(2)28(17-9-16(26)18(29)8-13(17)19)21(31)12-5-6-14(24)15(25)7-12/h5-10,29H,1-4H3,(H,27,30)(H,32,33)/t10-/m1/s1. The van der Waals surface area contributed by atoms with Gasteiger partial charge in [-0.05, 0) is 57.5 Å². The van der Waals surface area contributed by atoms with E-state index in [-0.39, 0.29) is 27.7 Å². The Morgan fingerprint density at radius 2 is 1.67 bits per heavy atom. The molecule has 3 rings (SSSR count). The Balaban J connectivity index is 2.21. The molecule has 174 valence electrons. The monoisotopic (exact) mass is 462 g/mol. The molecule has 0 saturated heterocycles. The average Bonchev–Trinajstić information content (AvgIpc) is 2.99. The van der Waals surface area contributed by atoms with Gasteiger partial charge in [-0.2, -0.15) is 0 Å². The molecule has 1 atom stereocenters. The highest BCUT2D eigenvalue weighted by Gasteiger charge is 2.33. The highest BCUT2D eigenvalue weighted by Crippen LogP contribution is 2.36. The van der Waals surface area contributed by atoms with Gasteiger partial charge in [-0.25, -0.2) is 18.0 Å². The van der Waals surface area contributed by atoms with Crippen molar-refractivity contribution < 1.29 is 37.8 Å². The summed E-state index contributed by atoms with van der Waals surface area (Å²) >= 11 is 0. The number of aromatic nitrogens is 1. The molecular weight excluding hydrogens is 441 g/mol. The summed E-state index contributed by atoms with van der Waals surface area (Å²) in [6.07, 6.45) is 0. The fraction of sp³-hybridized carbons (Fsp3) is 0.261. The average molecular weight is 462 g/mol. The molecule has 0 spiro atoms. The van der Waals surface area contributed by atoms with Crippen LogP contribution in [0.15, 0.2) is 30.3 Å². The molecule has 0 aliphatic carbocycles. The van der Waals surface area contributed by atoms with Crippen molar-refractivity contribution in [1.29, 1.82) is 0 Å². The molecule has 1 amide bonds. The van der Waals surface area contributed by atoms with E-state index >= 15 is 0 Å². The van der Waals surface area contributed by atoms with Crippen molar-refractivity contribution in [2.75, 3.05) is 0 Å². The lowest BCUT2D eigenvalue weighted by Crippen LogP contribution is -2.50. The SMILES string of the molecule is Cc1c([C@@H](C)C(=O)NC(C)(C)C(=O)O)c2cc(O)c(F)cc2n1C(=O)c1ccc(F)c(F)c1. The third-order valence-electron chi connectivity index (χ3n) is 5.49. The van der Waals surface area contributed by atoms with E-state index in [4.69, 9.17) is 0 Å². The van der Waals surface area contributed by atoms with Crippen LogP contribution in [-0.4, -0.2) is 38.1 Å². The number of carboxylic acid groups (broad SMARTS) is 1. The first kappa shape index (κ1) is 23.8. The Bertz CT molecular complexity index is 1310. The Kier molecular flexibility index (Phi) is 5.97. The fourth-order valence-corrected chi connectivity index (χ4v) is 3.62. The molecule has 3 N–H and O–H groups in total. The summed E-state index contributed by atoms with van der Waals surface area (Å²) in [5.41, 5.74) is -1.41. The summed E-state index contributed by atoms with van der Waals surface area (Å²) in [5, 5.41) is 21.8. The molecule has 7 nitrogen and oxygen atoms in total. The summed E-state index contributed by atoms with van der Waals surface area (Å²) in [5.74, 6) is -7.94. The number of nitrogens with zero attached hydrogens (tertiary/aromatic N) is 1. The molecule has 10 heteroatoms. The van der Waals surface area contributed by atoms with Crippen LogP contribution < -0.4 is 5.32 Å². The number of carboxylic acids is 1. The number of aromatic hydroxyl groups is 1. The van der Waals surface area contributed by atoms with Crippen LogP contribution in [-0.2, 0) is 9.59 Å². The van der Waals surface area contributed by atoms with E-state index in [0.29, 0.717) is 6.07 Å². The summed E-state index contributed by atoms with van der Waals surface area (Å²) in [6, 6.07) is 4.48. The normalized spacial score (nSPS) is 12.6. The zero-order chi connectivity index (χ0) is 24.8. The second-order valence-electron chi connectivity index (χ2n) is 8.23. The Morgan fingerprint density at radius 3 is 2.24 bits per heavy atom. The molecule has 0 bridgehead atoms. The number of nitrogens with one attached hydrogen (secondary N) is 1. The van der Waals surface area contributed by atoms with E-state index in [1.165, 1.54) is 27.7 Å². The molecule has 3 aromatic rings. The molecular formula is C23H21F3N2O5. The van der Waals surface area contributed by atoms with Crippen LogP contribution in [0.25, 0.3) is 10.9 Å². The van der Waals surface area contributed by atoms with Crippen molar-refractivity contribution >= 4 is 28.7 Å². The zero-order valence-electron chi connectivity index (χ0n) is 18.2. The first-order chi connectivity index (χ1) is 15.3. The molecule has 1 aromatic heterocycles. The van der Waals surface area contributed by atoms with Gasteiger partial charge in [-0.1, -0.05) is 0 Å². The van der Waals surface area contributed by atoms with Gasteiger partial charge in [-0.3, -0.25) is 14.2 Å². The molecule has 33 heavy (non-hydrogen) atoms. The van der Waals surface area contributed by atoms with Crippen LogP contribution in [0.1, 0.15) is 48.3 Å². The molecule has 0 unspecified atom stereocenters. The van der Waals surface area contributed by atoms with Crippen LogP contribution in [0.3, 0.4) is 0 Å². The number of halogens is 3. The number of hydrogen-bond acceptors (Lipinski definition) is 4. The number of benzene rings is 2. The third kappa shape index (κ3) is 4.15. The predicted molar refractivity (Wildman–Crippen MR) is 113 cm³/mol. The van der Waals surface area contributed by atoms with Gasteiger partial charge in [0.25, 0.3) is 5.91 Å². The summed E-state index contributed by atoms with van der Waals surface area (Å²) in [6.45, 7) is 5.52. The molecule has 0 saturated carbocycles. The lowest BCUT2D eigenvalue weighted by atomic mass is 9.95. The van der Waals surface area contributed by atoms with Crippen molar-refractivity contribution in [1.82, 2.24) is 9.88 Å². The lowest BCUT2D eigenvalue weighted by molar-refractivity contribution is -0.146. The van der Waals surface area contributed by atoms with Gasteiger partial charge in [-0.15, -0.1) is 0 Å². The topological polar surface area (TPSA) is 109 Å². The maximum atomic E-state index is 14.2. The largest absolute Gasteiger partial charge is 0.505 e. The van der Waals surface area contributed by atoms with Crippen LogP contribution in [0.5, 0.6) is 5.75 Å². The van der Waals surface area contributed by atoms with Crippen LogP contribution >= 0.6 is 0 Å². The third-order valence-corrected chi connectivity index (χ3v) is 5.49. The van der Waals surface area contributed by atoms with Gasteiger partial charge in [0.2, 0.25) is 5.91 Å². The number of aliphatic carboxylic acids is 1. The summed E-state index contributed by atoms with van der Waals surface area (Å²) in [7, 11) is 0. The smallest absolute Gasteiger partial charge is 0.328 e. The van der Waals surface area contributed by atoms with Crippen LogP contribution in [0.4, 0.5) is 13.2 Å². The number of carbonyl (C=O) groups is 3. The molecule has 0 radical (unpaired) electrons. The maximum absolute atomic E-state index is 14.2. The maximum Gasteiger partial charge on any atom is 0.328 e. The highest BCUT2D eigenvalue weighted by atomic mass is 19.2. The van der Waals surface area contributed by atoms with Crippen LogP contribution in [0.2, 0.25) is 0 Å². The van der Waals surface area contributed by atoms with E-state index < -0.39 is 52.4 Å². The Hall–Kier alpha value is -3.82. The number of carbonyl (C=O) groups excluding carboxylic acids is 2. The molecule has 2 aromatic carbocycles. The van der Waals surface area contributed by atoms with Crippen molar-refractivity contribution in [3.63, 3.8) is 0 Å². The number of phenols is 1. The summed E-state index contributed by atoms with van der Waals surface area (Å²) < 4.78 is 42.3. The zero-order valence-corrected chi connectivity index (χ0v) is 18.2. The minimum Gasteiger partial charge on any atom is -0.505 e. The van der Waals surface area contributed by atoms with Gasteiger partial charge in [0.05, 0.1) is 11.4 Å². The molecule has 1 heterocycles. The second kappa shape index (κ2) is 8.27. The lowest BCUT2D eigenvalue weighted by Gasteiger charge is -2.23. The number of amides is 1. The fourth-order valence-electron chi connectivity index (χ4n) is 3.62. The van der Waals surface area contributed by atoms with Crippen molar-refractivity contribution in [2.24, 2.45) is 0 Å². The van der Waals surface area contributed by atoms with E-state index in [2.05, 4.69) is 5.32 Å². The van der Waals surface area contributed by atoms with Gasteiger partial charge < -0.3 is 15.5 Å². The summed E-state index contributed by atoms with van der Waals surface area (Å²) in [4.78, 5) is 37.4. The molecule has 0 fully saturated rings. The van der Waals surface area contributed by atoms with Gasteiger partial charge in [0.1, 0.15) is 5.54 Å². The van der Waals surface area contributed by atoms with E-state index in [1.807, 2.05) is 0 Å². The van der Waals surface area contributed by atoms with Crippen molar-refractivity contribution in [3.8, 4) is 5.75 Å².